The lowest BCUT2D eigenvalue weighted by molar-refractivity contribution is 0.0526. The molecule has 158 valence electrons. The second-order valence-electron chi connectivity index (χ2n) is 9.73. The van der Waals surface area contributed by atoms with Gasteiger partial charge >= 0.3 is 5.97 Å². The molecule has 0 unspecified atom stereocenters. The SMILES string of the molecule is CCOC(=O)c1ccc(N(CC2CC2)c2cc3c4c(c2)CCCC4(C)CCC3)cc1. The molecule has 3 heteroatoms. The van der Waals surface area contributed by atoms with Gasteiger partial charge in [0, 0.05) is 17.9 Å². The highest BCUT2D eigenvalue weighted by Crippen LogP contribution is 2.48. The number of aryl methyl sites for hydroxylation is 2. The molecule has 0 saturated heterocycles. The summed E-state index contributed by atoms with van der Waals surface area (Å²) in [7, 11) is 0. The summed E-state index contributed by atoms with van der Waals surface area (Å²) in [5, 5.41) is 0. The van der Waals surface area contributed by atoms with Crippen molar-refractivity contribution in [2.75, 3.05) is 18.1 Å². The highest BCUT2D eigenvalue weighted by Gasteiger charge is 2.37. The molecule has 0 amide bonds. The molecule has 2 aromatic rings. The van der Waals surface area contributed by atoms with E-state index in [2.05, 4.69) is 36.1 Å². The second kappa shape index (κ2) is 7.76. The van der Waals surface area contributed by atoms with Gasteiger partial charge in [-0.15, -0.1) is 0 Å². The van der Waals surface area contributed by atoms with E-state index >= 15 is 0 Å². The van der Waals surface area contributed by atoms with E-state index in [1.54, 1.807) is 16.7 Å². The smallest absolute Gasteiger partial charge is 0.338 e. The summed E-state index contributed by atoms with van der Waals surface area (Å²) < 4.78 is 5.15. The van der Waals surface area contributed by atoms with Gasteiger partial charge in [0.15, 0.2) is 0 Å². The van der Waals surface area contributed by atoms with E-state index in [-0.39, 0.29) is 5.97 Å². The highest BCUT2D eigenvalue weighted by atomic mass is 16.5. The summed E-state index contributed by atoms with van der Waals surface area (Å²) in [5.74, 6) is 0.544. The van der Waals surface area contributed by atoms with Crippen molar-refractivity contribution in [3.8, 4) is 0 Å². The van der Waals surface area contributed by atoms with Crippen LogP contribution < -0.4 is 4.90 Å². The van der Waals surface area contributed by atoms with E-state index in [0.717, 1.165) is 12.5 Å². The molecule has 0 bridgehead atoms. The number of ether oxygens (including phenoxy) is 1. The molecule has 5 rings (SSSR count). The number of nitrogens with zero attached hydrogens (tertiary/aromatic N) is 1. The fourth-order valence-corrected chi connectivity index (χ4v) is 5.70. The Balaban J connectivity index is 1.51. The predicted octanol–water partition coefficient (Wildman–Crippen LogP) is 6.34. The van der Waals surface area contributed by atoms with Gasteiger partial charge in [-0.05, 0) is 123 Å². The molecule has 0 N–H and O–H groups in total. The highest BCUT2D eigenvalue weighted by molar-refractivity contribution is 5.90. The number of carbonyl (C=O) groups excluding carboxylic acids is 1. The van der Waals surface area contributed by atoms with E-state index in [1.807, 2.05) is 19.1 Å². The summed E-state index contributed by atoms with van der Waals surface area (Å²) in [5.41, 5.74) is 8.38. The Kier molecular flexibility index (Phi) is 5.08. The topological polar surface area (TPSA) is 29.5 Å². The lowest BCUT2D eigenvalue weighted by Crippen LogP contribution is -2.33. The van der Waals surface area contributed by atoms with Crippen molar-refractivity contribution in [2.45, 2.75) is 70.6 Å². The van der Waals surface area contributed by atoms with Crippen LogP contribution in [-0.4, -0.2) is 19.1 Å². The summed E-state index contributed by atoms with van der Waals surface area (Å²) in [6.45, 7) is 5.81. The number of esters is 1. The second-order valence-corrected chi connectivity index (χ2v) is 9.73. The Hall–Kier alpha value is -2.29. The van der Waals surface area contributed by atoms with Gasteiger partial charge in [0.25, 0.3) is 0 Å². The molecule has 2 aromatic carbocycles. The zero-order valence-corrected chi connectivity index (χ0v) is 18.4. The standard InChI is InChI=1S/C27H33NO2/c1-3-30-26(29)20-10-12-23(13-11-20)28(18-19-8-9-19)24-16-21-6-4-14-27(2)15-5-7-22(17-24)25(21)27/h10-13,16-17,19H,3-9,14-15,18H2,1-2H3. The van der Waals surface area contributed by atoms with Gasteiger partial charge in [-0.1, -0.05) is 6.92 Å². The molecule has 0 aromatic heterocycles. The van der Waals surface area contributed by atoms with Crippen LogP contribution in [0.15, 0.2) is 36.4 Å². The van der Waals surface area contributed by atoms with Crippen LogP contribution in [0.2, 0.25) is 0 Å². The molecule has 3 nitrogen and oxygen atoms in total. The Morgan fingerprint density at radius 1 is 1.03 bits per heavy atom. The maximum absolute atomic E-state index is 12.1. The van der Waals surface area contributed by atoms with E-state index in [1.165, 1.54) is 62.7 Å². The monoisotopic (exact) mass is 403 g/mol. The van der Waals surface area contributed by atoms with Gasteiger partial charge < -0.3 is 9.64 Å². The zero-order valence-electron chi connectivity index (χ0n) is 18.4. The van der Waals surface area contributed by atoms with Crippen molar-refractivity contribution in [1.82, 2.24) is 0 Å². The largest absolute Gasteiger partial charge is 0.462 e. The first kappa shape index (κ1) is 19.7. The average molecular weight is 404 g/mol. The van der Waals surface area contributed by atoms with Crippen molar-refractivity contribution in [1.29, 1.82) is 0 Å². The van der Waals surface area contributed by atoms with Gasteiger partial charge in [-0.2, -0.15) is 0 Å². The molecular weight excluding hydrogens is 370 g/mol. The van der Waals surface area contributed by atoms with Crippen LogP contribution in [0.4, 0.5) is 11.4 Å². The molecule has 30 heavy (non-hydrogen) atoms. The number of anilines is 2. The van der Waals surface area contributed by atoms with Gasteiger partial charge in [-0.3, -0.25) is 0 Å². The molecule has 1 saturated carbocycles. The van der Waals surface area contributed by atoms with Crippen molar-refractivity contribution >= 4 is 17.3 Å². The summed E-state index contributed by atoms with van der Waals surface area (Å²) in [6.07, 6.45) is 10.4. The third-order valence-electron chi connectivity index (χ3n) is 7.38. The van der Waals surface area contributed by atoms with Crippen molar-refractivity contribution in [2.24, 2.45) is 5.92 Å². The fraction of sp³-hybridized carbons (Fsp3) is 0.519. The molecule has 0 aliphatic heterocycles. The third-order valence-corrected chi connectivity index (χ3v) is 7.38. The van der Waals surface area contributed by atoms with Gasteiger partial charge in [0.1, 0.15) is 0 Å². The van der Waals surface area contributed by atoms with E-state index in [0.29, 0.717) is 17.6 Å². The lowest BCUT2D eigenvalue weighted by Gasteiger charge is -2.42. The van der Waals surface area contributed by atoms with Crippen LogP contribution in [0, 0.1) is 5.92 Å². The molecule has 0 spiro atoms. The first-order valence-corrected chi connectivity index (χ1v) is 11.8. The first-order chi connectivity index (χ1) is 14.6. The molecular formula is C27H33NO2. The van der Waals surface area contributed by atoms with Gasteiger partial charge in [0.2, 0.25) is 0 Å². The van der Waals surface area contributed by atoms with Crippen LogP contribution in [0.3, 0.4) is 0 Å². The maximum atomic E-state index is 12.1. The summed E-state index contributed by atoms with van der Waals surface area (Å²) in [6, 6.07) is 12.9. The number of rotatable bonds is 6. The minimum absolute atomic E-state index is 0.240. The van der Waals surface area contributed by atoms with Crippen molar-refractivity contribution < 1.29 is 9.53 Å². The number of hydrogen-bond donors (Lipinski definition) is 0. The van der Waals surface area contributed by atoms with Crippen LogP contribution in [0.5, 0.6) is 0 Å². The average Bonchev–Trinajstić information content (AvgIpc) is 3.56. The van der Waals surface area contributed by atoms with Crippen LogP contribution in [0.1, 0.15) is 79.4 Å². The molecule has 0 radical (unpaired) electrons. The Morgan fingerprint density at radius 2 is 1.67 bits per heavy atom. The minimum atomic E-state index is -0.240. The zero-order chi connectivity index (χ0) is 20.7. The van der Waals surface area contributed by atoms with Crippen molar-refractivity contribution in [3.63, 3.8) is 0 Å². The molecule has 0 atom stereocenters. The lowest BCUT2D eigenvalue weighted by atomic mass is 9.63. The van der Waals surface area contributed by atoms with E-state index < -0.39 is 0 Å². The van der Waals surface area contributed by atoms with Gasteiger partial charge in [-0.25, -0.2) is 4.79 Å². The minimum Gasteiger partial charge on any atom is -0.462 e. The number of benzene rings is 2. The summed E-state index contributed by atoms with van der Waals surface area (Å²) >= 11 is 0. The Labute approximate surface area is 180 Å². The number of hydrogen-bond acceptors (Lipinski definition) is 3. The third kappa shape index (κ3) is 3.64. The fourth-order valence-electron chi connectivity index (χ4n) is 5.70. The summed E-state index contributed by atoms with van der Waals surface area (Å²) in [4.78, 5) is 14.5. The van der Waals surface area contributed by atoms with Crippen LogP contribution in [-0.2, 0) is 23.0 Å². The maximum Gasteiger partial charge on any atom is 0.338 e. The van der Waals surface area contributed by atoms with Crippen molar-refractivity contribution in [3.05, 3.63) is 58.7 Å². The van der Waals surface area contributed by atoms with Crippen LogP contribution in [0.25, 0.3) is 0 Å². The van der Waals surface area contributed by atoms with E-state index in [9.17, 15) is 4.79 Å². The normalized spacial score (nSPS) is 19.1. The molecule has 3 aliphatic carbocycles. The Bertz CT molecular complexity index is 911. The molecule has 0 heterocycles. The first-order valence-electron chi connectivity index (χ1n) is 11.8. The molecule has 1 fully saturated rings. The van der Waals surface area contributed by atoms with Crippen LogP contribution >= 0.6 is 0 Å². The quantitative estimate of drug-likeness (QED) is 0.527. The molecule has 3 aliphatic rings. The Morgan fingerprint density at radius 3 is 2.23 bits per heavy atom. The van der Waals surface area contributed by atoms with Gasteiger partial charge in [0.05, 0.1) is 12.2 Å². The predicted molar refractivity (Wildman–Crippen MR) is 122 cm³/mol. The number of carbonyl (C=O) groups is 1. The van der Waals surface area contributed by atoms with E-state index in [4.69, 9.17) is 4.74 Å².